The lowest BCUT2D eigenvalue weighted by Crippen LogP contribution is -1.81. The van der Waals surface area contributed by atoms with Crippen molar-refractivity contribution in [2.24, 2.45) is 0 Å². The van der Waals surface area contributed by atoms with Gasteiger partial charge in [-0.3, -0.25) is 0 Å². The van der Waals surface area contributed by atoms with Crippen molar-refractivity contribution in [1.82, 2.24) is 15.2 Å². The van der Waals surface area contributed by atoms with Gasteiger partial charge in [0.25, 0.3) is 11.1 Å². The SMILES string of the molecule is Cc1occc1-c1nnc(SCc2coc(-c3cccs3)n2)o1. The molecule has 4 aromatic rings. The molecule has 0 saturated heterocycles. The normalized spacial score (nSPS) is 11.2. The molecule has 0 aliphatic rings. The molecule has 116 valence electrons. The van der Waals surface area contributed by atoms with E-state index in [1.54, 1.807) is 23.9 Å². The summed E-state index contributed by atoms with van der Waals surface area (Å²) in [5.74, 6) is 2.44. The van der Waals surface area contributed by atoms with Crippen molar-refractivity contribution < 1.29 is 13.3 Å². The van der Waals surface area contributed by atoms with Gasteiger partial charge >= 0.3 is 0 Å². The van der Waals surface area contributed by atoms with E-state index in [-0.39, 0.29) is 0 Å². The van der Waals surface area contributed by atoms with Gasteiger partial charge < -0.3 is 13.3 Å². The van der Waals surface area contributed by atoms with Gasteiger partial charge in [0, 0.05) is 5.75 Å². The first-order valence-corrected chi connectivity index (χ1v) is 8.65. The molecule has 4 rings (SSSR count). The molecular formula is C15H11N3O3S2. The Morgan fingerprint density at radius 2 is 2.13 bits per heavy atom. The second-order valence-corrected chi connectivity index (χ2v) is 6.55. The van der Waals surface area contributed by atoms with E-state index in [2.05, 4.69) is 15.2 Å². The number of aryl methyl sites for hydroxylation is 1. The summed E-state index contributed by atoms with van der Waals surface area (Å²) >= 11 is 3.01. The first-order valence-electron chi connectivity index (χ1n) is 6.78. The topological polar surface area (TPSA) is 78.1 Å². The van der Waals surface area contributed by atoms with Gasteiger partial charge in [0.2, 0.25) is 5.89 Å². The first kappa shape index (κ1) is 14.3. The highest BCUT2D eigenvalue weighted by molar-refractivity contribution is 7.98. The van der Waals surface area contributed by atoms with Crippen LogP contribution in [0.2, 0.25) is 0 Å². The summed E-state index contributed by atoms with van der Waals surface area (Å²) in [6.45, 7) is 1.86. The molecule has 0 bridgehead atoms. The molecule has 4 heterocycles. The molecule has 0 spiro atoms. The largest absolute Gasteiger partial charge is 0.469 e. The standard InChI is InChI=1S/C15H11N3O3S2/c1-9-11(4-5-19-9)13-17-18-15(21-13)23-8-10-7-20-14(16-10)12-3-2-6-22-12/h2-7H,8H2,1H3. The van der Waals surface area contributed by atoms with Crippen LogP contribution in [0.1, 0.15) is 11.5 Å². The molecule has 6 nitrogen and oxygen atoms in total. The Kier molecular flexibility index (Phi) is 3.76. The average molecular weight is 345 g/mol. The maximum Gasteiger partial charge on any atom is 0.277 e. The summed E-state index contributed by atoms with van der Waals surface area (Å²) < 4.78 is 16.4. The highest BCUT2D eigenvalue weighted by Crippen LogP contribution is 2.29. The second kappa shape index (κ2) is 6.05. The van der Waals surface area contributed by atoms with E-state index < -0.39 is 0 Å². The molecule has 0 amide bonds. The second-order valence-electron chi connectivity index (χ2n) is 4.67. The van der Waals surface area contributed by atoms with Crippen LogP contribution in [0.5, 0.6) is 0 Å². The highest BCUT2D eigenvalue weighted by atomic mass is 32.2. The van der Waals surface area contributed by atoms with E-state index in [4.69, 9.17) is 13.3 Å². The zero-order valence-electron chi connectivity index (χ0n) is 12.1. The van der Waals surface area contributed by atoms with Crippen molar-refractivity contribution in [3.63, 3.8) is 0 Å². The Balaban J connectivity index is 1.44. The van der Waals surface area contributed by atoms with Gasteiger partial charge in [0.1, 0.15) is 12.0 Å². The lowest BCUT2D eigenvalue weighted by Gasteiger charge is -1.92. The number of rotatable bonds is 5. The van der Waals surface area contributed by atoms with Gasteiger partial charge in [-0.2, -0.15) is 0 Å². The van der Waals surface area contributed by atoms with Crippen molar-refractivity contribution in [2.45, 2.75) is 17.9 Å². The Morgan fingerprint density at radius 1 is 1.17 bits per heavy atom. The molecule has 4 aromatic heterocycles. The summed E-state index contributed by atoms with van der Waals surface area (Å²) in [5.41, 5.74) is 1.64. The van der Waals surface area contributed by atoms with Crippen LogP contribution in [0.25, 0.3) is 22.2 Å². The van der Waals surface area contributed by atoms with Crippen molar-refractivity contribution in [1.29, 1.82) is 0 Å². The fraction of sp³-hybridized carbons (Fsp3) is 0.133. The van der Waals surface area contributed by atoms with Crippen LogP contribution in [0.3, 0.4) is 0 Å². The molecule has 0 atom stereocenters. The van der Waals surface area contributed by atoms with Crippen LogP contribution in [0, 0.1) is 6.92 Å². The molecule has 0 fully saturated rings. The molecule has 23 heavy (non-hydrogen) atoms. The number of furan rings is 1. The van der Waals surface area contributed by atoms with E-state index in [0.717, 1.165) is 21.9 Å². The summed E-state index contributed by atoms with van der Waals surface area (Å²) in [5, 5.41) is 10.6. The molecule has 8 heteroatoms. The number of oxazole rings is 1. The van der Waals surface area contributed by atoms with Crippen LogP contribution in [0.15, 0.2) is 54.6 Å². The molecule has 0 unspecified atom stereocenters. The van der Waals surface area contributed by atoms with Gasteiger partial charge in [-0.05, 0) is 24.4 Å². The Morgan fingerprint density at radius 3 is 2.91 bits per heavy atom. The monoisotopic (exact) mass is 345 g/mol. The van der Waals surface area contributed by atoms with Crippen LogP contribution >= 0.6 is 23.1 Å². The minimum absolute atomic E-state index is 0.457. The fourth-order valence-corrected chi connectivity index (χ4v) is 3.30. The van der Waals surface area contributed by atoms with Crippen LogP contribution in [0.4, 0.5) is 0 Å². The highest BCUT2D eigenvalue weighted by Gasteiger charge is 2.14. The molecule has 0 aliphatic heterocycles. The third-order valence-electron chi connectivity index (χ3n) is 3.12. The third kappa shape index (κ3) is 2.95. The Labute approximate surface area is 139 Å². The van der Waals surface area contributed by atoms with E-state index in [9.17, 15) is 0 Å². The molecular weight excluding hydrogens is 334 g/mol. The van der Waals surface area contributed by atoms with E-state index in [0.29, 0.717) is 22.8 Å². The third-order valence-corrected chi connectivity index (χ3v) is 4.83. The number of aromatic nitrogens is 3. The first-order chi connectivity index (χ1) is 11.3. The van der Waals surface area contributed by atoms with Gasteiger partial charge in [-0.1, -0.05) is 17.8 Å². The van der Waals surface area contributed by atoms with Gasteiger partial charge in [0.05, 0.1) is 22.4 Å². The van der Waals surface area contributed by atoms with Gasteiger partial charge in [0.15, 0.2) is 0 Å². The number of nitrogens with zero attached hydrogens (tertiary/aromatic N) is 3. The fourth-order valence-electron chi connectivity index (χ4n) is 2.01. The number of thiophene rings is 1. The minimum Gasteiger partial charge on any atom is -0.469 e. The number of thioether (sulfide) groups is 1. The number of hydrogen-bond donors (Lipinski definition) is 0. The van der Waals surface area contributed by atoms with Crippen molar-refractivity contribution in [3.05, 3.63) is 47.6 Å². The Bertz CT molecular complexity index is 908. The quantitative estimate of drug-likeness (QED) is 0.487. The predicted octanol–water partition coefficient (Wildman–Crippen LogP) is 4.65. The summed E-state index contributed by atoms with van der Waals surface area (Å²) in [6.07, 6.45) is 3.25. The average Bonchev–Trinajstić information content (AvgIpc) is 3.32. The summed E-state index contributed by atoms with van der Waals surface area (Å²) in [6, 6.07) is 5.75. The number of hydrogen-bond acceptors (Lipinski definition) is 8. The zero-order chi connectivity index (χ0) is 15.6. The predicted molar refractivity (Wildman–Crippen MR) is 86.1 cm³/mol. The lowest BCUT2D eigenvalue weighted by molar-refractivity contribution is 0.463. The van der Waals surface area contributed by atoms with E-state index in [1.165, 1.54) is 11.8 Å². The molecule has 0 radical (unpaired) electrons. The van der Waals surface area contributed by atoms with Gasteiger partial charge in [-0.15, -0.1) is 21.5 Å². The maximum atomic E-state index is 5.63. The molecule has 0 aliphatic carbocycles. The van der Waals surface area contributed by atoms with Crippen LogP contribution < -0.4 is 0 Å². The van der Waals surface area contributed by atoms with E-state index >= 15 is 0 Å². The zero-order valence-corrected chi connectivity index (χ0v) is 13.7. The molecule has 0 saturated carbocycles. The van der Waals surface area contributed by atoms with E-state index in [1.807, 2.05) is 30.5 Å². The maximum absolute atomic E-state index is 5.63. The van der Waals surface area contributed by atoms with Crippen molar-refractivity contribution >= 4 is 23.1 Å². The van der Waals surface area contributed by atoms with Crippen molar-refractivity contribution in [2.75, 3.05) is 0 Å². The molecule has 0 aromatic carbocycles. The summed E-state index contributed by atoms with van der Waals surface area (Å²) in [4.78, 5) is 5.47. The van der Waals surface area contributed by atoms with Gasteiger partial charge in [-0.25, -0.2) is 4.98 Å². The minimum atomic E-state index is 0.457. The molecule has 0 N–H and O–H groups in total. The Hall–Kier alpha value is -2.32. The smallest absolute Gasteiger partial charge is 0.277 e. The lowest BCUT2D eigenvalue weighted by atomic mass is 10.3. The summed E-state index contributed by atoms with van der Waals surface area (Å²) in [7, 11) is 0. The van der Waals surface area contributed by atoms with Crippen LogP contribution in [-0.4, -0.2) is 15.2 Å². The van der Waals surface area contributed by atoms with Crippen molar-refractivity contribution in [3.8, 4) is 22.2 Å². The van der Waals surface area contributed by atoms with Crippen LogP contribution in [-0.2, 0) is 5.75 Å².